The molecule has 4 aliphatic rings. The fourth-order valence-electron chi connectivity index (χ4n) is 5.06. The maximum Gasteiger partial charge on any atom is 0.153 e. The van der Waals surface area contributed by atoms with Crippen LogP contribution in [0.2, 0.25) is 0 Å². The zero-order valence-corrected chi connectivity index (χ0v) is 10.4. The Morgan fingerprint density at radius 3 is 2.00 bits per heavy atom. The SMILES string of the molecule is CC12CC3CC(C1)CC(S(C)(=O)=O)(C3)C2. The minimum atomic E-state index is -2.86. The van der Waals surface area contributed by atoms with Crippen molar-refractivity contribution in [1.29, 1.82) is 0 Å². The molecule has 4 fully saturated rings. The summed E-state index contributed by atoms with van der Waals surface area (Å²) in [5, 5.41) is 0. The van der Waals surface area contributed by atoms with E-state index in [1.165, 1.54) is 25.5 Å². The molecule has 4 aliphatic carbocycles. The predicted molar refractivity (Wildman–Crippen MR) is 60.4 cm³/mol. The first kappa shape index (κ1) is 10.1. The normalized spacial score (nSPS) is 53.5. The molecule has 2 atom stereocenters. The molecule has 86 valence electrons. The van der Waals surface area contributed by atoms with Crippen molar-refractivity contribution in [3.63, 3.8) is 0 Å². The van der Waals surface area contributed by atoms with Gasteiger partial charge in [-0.3, -0.25) is 0 Å². The topological polar surface area (TPSA) is 34.1 Å². The van der Waals surface area contributed by atoms with E-state index in [1.807, 2.05) is 0 Å². The monoisotopic (exact) mass is 228 g/mol. The molecule has 0 aliphatic heterocycles. The van der Waals surface area contributed by atoms with Crippen molar-refractivity contribution in [2.75, 3.05) is 6.26 Å². The van der Waals surface area contributed by atoms with E-state index in [-0.39, 0.29) is 4.75 Å². The summed E-state index contributed by atoms with van der Waals surface area (Å²) < 4.78 is 23.7. The van der Waals surface area contributed by atoms with E-state index >= 15 is 0 Å². The van der Waals surface area contributed by atoms with E-state index in [2.05, 4.69) is 6.92 Å². The van der Waals surface area contributed by atoms with Crippen LogP contribution in [-0.2, 0) is 9.84 Å². The number of hydrogen-bond acceptors (Lipinski definition) is 2. The standard InChI is InChI=1S/C12H20O2S/c1-11-4-9-3-10(5-11)7-12(6-9,8-11)15(2,13)14/h9-10H,3-8H2,1-2H3. The van der Waals surface area contributed by atoms with Gasteiger partial charge in [0.25, 0.3) is 0 Å². The lowest BCUT2D eigenvalue weighted by atomic mass is 9.50. The molecule has 0 aromatic rings. The van der Waals surface area contributed by atoms with Crippen LogP contribution in [0.5, 0.6) is 0 Å². The first-order chi connectivity index (χ1) is 6.82. The van der Waals surface area contributed by atoms with Gasteiger partial charge in [0.1, 0.15) is 0 Å². The second kappa shape index (κ2) is 2.61. The Hall–Kier alpha value is -0.0500. The van der Waals surface area contributed by atoms with Crippen molar-refractivity contribution in [2.24, 2.45) is 17.3 Å². The molecule has 4 saturated carbocycles. The van der Waals surface area contributed by atoms with Crippen LogP contribution < -0.4 is 0 Å². The Balaban J connectivity index is 2.07. The van der Waals surface area contributed by atoms with Crippen molar-refractivity contribution < 1.29 is 8.42 Å². The van der Waals surface area contributed by atoms with E-state index in [0.717, 1.165) is 19.3 Å². The molecule has 4 bridgehead atoms. The van der Waals surface area contributed by atoms with Crippen molar-refractivity contribution >= 4 is 9.84 Å². The maximum atomic E-state index is 12.0. The zero-order chi connectivity index (χ0) is 10.9. The van der Waals surface area contributed by atoms with Gasteiger partial charge in [-0.25, -0.2) is 8.42 Å². The third-order valence-electron chi connectivity index (χ3n) is 5.09. The average Bonchev–Trinajstić information content (AvgIpc) is 1.95. The summed E-state index contributed by atoms with van der Waals surface area (Å²) in [7, 11) is -2.86. The first-order valence-electron chi connectivity index (χ1n) is 6.02. The van der Waals surface area contributed by atoms with Crippen LogP contribution in [0.3, 0.4) is 0 Å². The molecule has 0 saturated heterocycles. The molecule has 0 aromatic heterocycles. The fourth-order valence-corrected chi connectivity index (χ4v) is 6.75. The van der Waals surface area contributed by atoms with Crippen LogP contribution in [0, 0.1) is 17.3 Å². The predicted octanol–water partition coefficient (Wildman–Crippen LogP) is 2.39. The number of sulfone groups is 1. The third kappa shape index (κ3) is 1.31. The highest BCUT2D eigenvalue weighted by atomic mass is 32.2. The van der Waals surface area contributed by atoms with Crippen LogP contribution in [0.1, 0.15) is 45.4 Å². The molecule has 0 radical (unpaired) electrons. The van der Waals surface area contributed by atoms with E-state index in [9.17, 15) is 8.42 Å². The quantitative estimate of drug-likeness (QED) is 0.690. The van der Waals surface area contributed by atoms with Gasteiger partial charge in [-0.1, -0.05) is 6.92 Å². The van der Waals surface area contributed by atoms with Gasteiger partial charge in [0.2, 0.25) is 0 Å². The van der Waals surface area contributed by atoms with Gasteiger partial charge >= 0.3 is 0 Å². The van der Waals surface area contributed by atoms with Gasteiger partial charge in [-0.2, -0.15) is 0 Å². The summed E-state index contributed by atoms with van der Waals surface area (Å²) in [6.07, 6.45) is 8.17. The van der Waals surface area contributed by atoms with Crippen molar-refractivity contribution in [1.82, 2.24) is 0 Å². The summed E-state index contributed by atoms with van der Waals surface area (Å²) in [4.78, 5) is 0. The number of hydrogen-bond donors (Lipinski definition) is 0. The molecular weight excluding hydrogens is 208 g/mol. The molecule has 4 rings (SSSR count). The third-order valence-corrected chi connectivity index (χ3v) is 7.14. The molecule has 0 N–H and O–H groups in total. The van der Waals surface area contributed by atoms with Crippen LogP contribution >= 0.6 is 0 Å². The Bertz CT molecular complexity index is 382. The Morgan fingerprint density at radius 1 is 1.07 bits per heavy atom. The van der Waals surface area contributed by atoms with Gasteiger partial charge in [-0.15, -0.1) is 0 Å². The summed E-state index contributed by atoms with van der Waals surface area (Å²) in [5.74, 6) is 1.40. The van der Waals surface area contributed by atoms with Gasteiger partial charge in [0.15, 0.2) is 9.84 Å². The van der Waals surface area contributed by atoms with E-state index in [1.54, 1.807) is 0 Å². The fraction of sp³-hybridized carbons (Fsp3) is 1.00. The minimum absolute atomic E-state index is 0.328. The van der Waals surface area contributed by atoms with Crippen molar-refractivity contribution in [3.8, 4) is 0 Å². The molecular formula is C12H20O2S. The Labute approximate surface area is 92.4 Å². The van der Waals surface area contributed by atoms with E-state index < -0.39 is 9.84 Å². The summed E-state index contributed by atoms with van der Waals surface area (Å²) >= 11 is 0. The highest BCUT2D eigenvalue weighted by Crippen LogP contribution is 2.63. The Morgan fingerprint density at radius 2 is 1.60 bits per heavy atom. The lowest BCUT2D eigenvalue weighted by Crippen LogP contribution is -2.57. The van der Waals surface area contributed by atoms with Crippen LogP contribution in [0.15, 0.2) is 0 Å². The van der Waals surface area contributed by atoms with Gasteiger partial charge in [0.05, 0.1) is 4.75 Å². The molecule has 15 heavy (non-hydrogen) atoms. The van der Waals surface area contributed by atoms with Gasteiger partial charge in [-0.05, 0) is 55.8 Å². The second-order valence-electron chi connectivity index (χ2n) is 6.73. The minimum Gasteiger partial charge on any atom is -0.229 e. The van der Waals surface area contributed by atoms with E-state index in [0.29, 0.717) is 17.3 Å². The summed E-state index contributed by atoms with van der Waals surface area (Å²) in [6, 6.07) is 0. The lowest BCUT2D eigenvalue weighted by Gasteiger charge is -2.60. The highest BCUT2D eigenvalue weighted by molar-refractivity contribution is 7.92. The first-order valence-corrected chi connectivity index (χ1v) is 7.91. The van der Waals surface area contributed by atoms with Crippen LogP contribution in [0.4, 0.5) is 0 Å². The zero-order valence-electron chi connectivity index (χ0n) is 9.62. The smallest absolute Gasteiger partial charge is 0.153 e. The Kier molecular flexibility index (Phi) is 1.76. The summed E-state index contributed by atoms with van der Waals surface area (Å²) in [5.41, 5.74) is 0.340. The molecule has 3 heteroatoms. The van der Waals surface area contributed by atoms with Gasteiger partial charge in [0, 0.05) is 6.26 Å². The van der Waals surface area contributed by atoms with Gasteiger partial charge < -0.3 is 0 Å². The molecule has 0 heterocycles. The van der Waals surface area contributed by atoms with Crippen molar-refractivity contribution in [2.45, 2.75) is 50.2 Å². The highest BCUT2D eigenvalue weighted by Gasteiger charge is 2.59. The van der Waals surface area contributed by atoms with Crippen LogP contribution in [0.25, 0.3) is 0 Å². The lowest BCUT2D eigenvalue weighted by molar-refractivity contribution is -0.0284. The molecule has 2 unspecified atom stereocenters. The average molecular weight is 228 g/mol. The maximum absolute atomic E-state index is 12.0. The number of rotatable bonds is 1. The summed E-state index contributed by atoms with van der Waals surface area (Å²) in [6.45, 7) is 2.31. The van der Waals surface area contributed by atoms with Crippen molar-refractivity contribution in [3.05, 3.63) is 0 Å². The second-order valence-corrected chi connectivity index (χ2v) is 9.14. The van der Waals surface area contributed by atoms with E-state index in [4.69, 9.17) is 0 Å². The molecule has 2 nitrogen and oxygen atoms in total. The largest absolute Gasteiger partial charge is 0.229 e. The molecule has 0 spiro atoms. The van der Waals surface area contributed by atoms with Crippen LogP contribution in [-0.4, -0.2) is 19.4 Å². The molecule has 0 aromatic carbocycles. The molecule has 0 amide bonds.